The van der Waals surface area contributed by atoms with E-state index in [1.165, 1.54) is 22.7 Å². The van der Waals surface area contributed by atoms with Crippen molar-refractivity contribution < 1.29 is 19.1 Å². The van der Waals surface area contributed by atoms with Gasteiger partial charge in [-0.25, -0.2) is 9.59 Å². The summed E-state index contributed by atoms with van der Waals surface area (Å²) in [6.45, 7) is 10.9. The molecule has 0 aromatic carbocycles. The van der Waals surface area contributed by atoms with Gasteiger partial charge in [0.15, 0.2) is 0 Å². The zero-order chi connectivity index (χ0) is 19.5. The van der Waals surface area contributed by atoms with Crippen LogP contribution >= 0.6 is 22.7 Å². The number of rotatable bonds is 3. The molecule has 2 amide bonds. The van der Waals surface area contributed by atoms with Crippen molar-refractivity contribution in [1.29, 1.82) is 0 Å². The summed E-state index contributed by atoms with van der Waals surface area (Å²) >= 11 is 2.94. The normalized spacial score (nSPS) is 11.8. The van der Waals surface area contributed by atoms with Crippen molar-refractivity contribution in [2.24, 2.45) is 0 Å². The van der Waals surface area contributed by atoms with Gasteiger partial charge in [0.05, 0.1) is 21.1 Å². The van der Waals surface area contributed by atoms with Gasteiger partial charge in [0, 0.05) is 0 Å². The first-order valence-electron chi connectivity index (χ1n) is 8.10. The molecule has 2 rings (SSSR count). The molecule has 0 aliphatic carbocycles. The zero-order valence-corrected chi connectivity index (χ0v) is 17.4. The van der Waals surface area contributed by atoms with Crippen LogP contribution in [0.1, 0.15) is 41.5 Å². The Morgan fingerprint density at radius 3 is 1.42 bits per heavy atom. The van der Waals surface area contributed by atoms with Crippen LogP contribution in [0.3, 0.4) is 0 Å². The number of carbonyl (C=O) groups excluding carboxylic acids is 2. The Bertz CT molecular complexity index is 715. The highest BCUT2D eigenvalue weighted by atomic mass is 32.1. The molecule has 2 heterocycles. The Balaban J connectivity index is 2.16. The van der Waals surface area contributed by atoms with Gasteiger partial charge in [-0.15, -0.1) is 22.7 Å². The third-order valence-electron chi connectivity index (χ3n) is 2.81. The second kappa shape index (κ2) is 7.67. The Morgan fingerprint density at radius 2 is 1.12 bits per heavy atom. The largest absolute Gasteiger partial charge is 0.444 e. The molecule has 2 N–H and O–H groups in total. The summed E-state index contributed by atoms with van der Waals surface area (Å²) in [6.07, 6.45) is -1.04. The molecule has 0 saturated heterocycles. The van der Waals surface area contributed by atoms with E-state index in [1.54, 1.807) is 12.1 Å². The minimum atomic E-state index is -0.577. The predicted molar refractivity (Wildman–Crippen MR) is 107 cm³/mol. The number of hydrogen-bond acceptors (Lipinski definition) is 6. The molecule has 0 saturated carbocycles. The molecule has 0 spiro atoms. The van der Waals surface area contributed by atoms with Gasteiger partial charge < -0.3 is 9.47 Å². The monoisotopic (exact) mass is 396 g/mol. The summed E-state index contributed by atoms with van der Waals surface area (Å²) in [5.74, 6) is 0. The van der Waals surface area contributed by atoms with Gasteiger partial charge in [-0.3, -0.25) is 10.6 Å². The molecular weight excluding hydrogens is 372 g/mol. The molecule has 0 radical (unpaired) electrons. The fourth-order valence-corrected chi connectivity index (χ4v) is 3.89. The molecule has 0 atom stereocenters. The van der Waals surface area contributed by atoms with Crippen molar-refractivity contribution >= 4 is 46.2 Å². The third-order valence-corrected chi connectivity index (χ3v) is 4.80. The number of thiophene rings is 2. The van der Waals surface area contributed by atoms with Crippen LogP contribution in [0.4, 0.5) is 21.0 Å². The number of anilines is 2. The molecule has 0 fully saturated rings. The minimum absolute atomic E-state index is 0.518. The first-order valence-corrected chi connectivity index (χ1v) is 9.86. The summed E-state index contributed by atoms with van der Waals surface area (Å²) < 4.78 is 10.6. The topological polar surface area (TPSA) is 76.7 Å². The van der Waals surface area contributed by atoms with Crippen LogP contribution in [0, 0.1) is 0 Å². The van der Waals surface area contributed by atoms with E-state index in [0.29, 0.717) is 11.4 Å². The van der Waals surface area contributed by atoms with Crippen molar-refractivity contribution in [3.8, 4) is 9.75 Å². The predicted octanol–water partition coefficient (Wildman–Crippen LogP) is 6.17. The van der Waals surface area contributed by atoms with E-state index in [1.807, 2.05) is 52.3 Å². The van der Waals surface area contributed by atoms with Crippen molar-refractivity contribution in [1.82, 2.24) is 0 Å². The van der Waals surface area contributed by atoms with Gasteiger partial charge in [-0.05, 0) is 64.4 Å². The average Bonchev–Trinajstić information content (AvgIpc) is 3.02. The van der Waals surface area contributed by atoms with Crippen LogP contribution in [0.15, 0.2) is 22.9 Å². The van der Waals surface area contributed by atoms with Crippen molar-refractivity contribution in [3.63, 3.8) is 0 Å². The molecule has 8 heteroatoms. The highest BCUT2D eigenvalue weighted by Crippen LogP contribution is 2.42. The Hall–Kier alpha value is -2.06. The molecule has 6 nitrogen and oxygen atoms in total. The van der Waals surface area contributed by atoms with Crippen LogP contribution in [0.5, 0.6) is 0 Å². The Kier molecular flexibility index (Phi) is 5.98. The number of nitrogens with one attached hydrogen (secondary N) is 2. The van der Waals surface area contributed by atoms with E-state index >= 15 is 0 Å². The van der Waals surface area contributed by atoms with E-state index in [2.05, 4.69) is 10.6 Å². The van der Waals surface area contributed by atoms with Crippen molar-refractivity contribution in [3.05, 3.63) is 22.9 Å². The fraction of sp³-hybridized carbons (Fsp3) is 0.444. The zero-order valence-electron chi connectivity index (χ0n) is 15.8. The maximum Gasteiger partial charge on any atom is 0.412 e. The van der Waals surface area contributed by atoms with Crippen LogP contribution in [0.25, 0.3) is 9.75 Å². The first kappa shape index (κ1) is 20.3. The lowest BCUT2D eigenvalue weighted by Gasteiger charge is -2.20. The van der Waals surface area contributed by atoms with E-state index < -0.39 is 23.4 Å². The van der Waals surface area contributed by atoms with E-state index in [-0.39, 0.29) is 0 Å². The smallest absolute Gasteiger partial charge is 0.412 e. The molecule has 0 unspecified atom stereocenters. The molecule has 0 aliphatic heterocycles. The van der Waals surface area contributed by atoms with Gasteiger partial charge >= 0.3 is 12.2 Å². The summed E-state index contributed by atoms with van der Waals surface area (Å²) in [6, 6.07) is 3.61. The highest BCUT2D eigenvalue weighted by Gasteiger charge is 2.21. The SMILES string of the molecule is CC(C)(C)OC(=O)Nc1ccsc1-c1sccc1NC(=O)OC(C)(C)C. The summed E-state index contributed by atoms with van der Waals surface area (Å²) in [5, 5.41) is 9.28. The molecule has 0 bridgehead atoms. The van der Waals surface area contributed by atoms with E-state index in [4.69, 9.17) is 9.47 Å². The van der Waals surface area contributed by atoms with Crippen LogP contribution in [-0.2, 0) is 9.47 Å². The fourth-order valence-electron chi connectivity index (χ4n) is 1.99. The van der Waals surface area contributed by atoms with Crippen LogP contribution < -0.4 is 10.6 Å². The lowest BCUT2D eigenvalue weighted by Crippen LogP contribution is -2.27. The molecule has 0 aliphatic rings. The van der Waals surface area contributed by atoms with E-state index in [9.17, 15) is 9.59 Å². The minimum Gasteiger partial charge on any atom is -0.444 e. The molecule has 142 valence electrons. The Morgan fingerprint density at radius 1 is 0.769 bits per heavy atom. The third kappa shape index (κ3) is 6.03. The van der Waals surface area contributed by atoms with Gasteiger partial charge in [0.1, 0.15) is 11.2 Å². The maximum absolute atomic E-state index is 12.1. The summed E-state index contributed by atoms with van der Waals surface area (Å²) in [7, 11) is 0. The lowest BCUT2D eigenvalue weighted by molar-refractivity contribution is 0.0624. The summed E-state index contributed by atoms with van der Waals surface area (Å²) in [4.78, 5) is 25.8. The van der Waals surface area contributed by atoms with Crippen molar-refractivity contribution in [2.45, 2.75) is 52.7 Å². The second-order valence-corrected chi connectivity index (χ2v) is 9.41. The average molecular weight is 397 g/mol. The Labute approximate surface area is 161 Å². The summed E-state index contributed by atoms with van der Waals surface area (Å²) in [5.41, 5.74) is 0.122. The molecule has 2 aromatic heterocycles. The van der Waals surface area contributed by atoms with Crippen LogP contribution in [0.2, 0.25) is 0 Å². The van der Waals surface area contributed by atoms with Gasteiger partial charge in [-0.1, -0.05) is 0 Å². The molecular formula is C18H24N2O4S2. The highest BCUT2D eigenvalue weighted by molar-refractivity contribution is 7.21. The lowest BCUT2D eigenvalue weighted by atomic mass is 10.2. The number of hydrogen-bond donors (Lipinski definition) is 2. The molecule has 26 heavy (non-hydrogen) atoms. The second-order valence-electron chi connectivity index (χ2n) is 7.58. The number of carbonyl (C=O) groups is 2. The standard InChI is InChI=1S/C18H24N2O4S2/c1-17(2,3)23-15(21)19-11-7-9-25-13(11)14-12(8-10-26-14)20-16(22)24-18(4,5)6/h7-10H,1-6H3,(H,19,21)(H,20,22). The van der Waals surface area contributed by atoms with Crippen molar-refractivity contribution in [2.75, 3.05) is 10.6 Å². The van der Waals surface area contributed by atoms with Crippen LogP contribution in [-0.4, -0.2) is 23.4 Å². The maximum atomic E-state index is 12.1. The number of ether oxygens (including phenoxy) is 2. The van der Waals surface area contributed by atoms with Gasteiger partial charge in [0.25, 0.3) is 0 Å². The first-order chi connectivity index (χ1) is 11.9. The van der Waals surface area contributed by atoms with Gasteiger partial charge in [0.2, 0.25) is 0 Å². The molecule has 2 aromatic rings. The van der Waals surface area contributed by atoms with E-state index in [0.717, 1.165) is 9.75 Å². The number of amides is 2. The quantitative estimate of drug-likeness (QED) is 0.650. The van der Waals surface area contributed by atoms with Gasteiger partial charge in [-0.2, -0.15) is 0 Å².